The molecule has 2 atom stereocenters. The molecule has 0 spiro atoms. The maximum atomic E-state index is 12.6. The summed E-state index contributed by atoms with van der Waals surface area (Å²) >= 11 is 0. The fourth-order valence-electron chi connectivity index (χ4n) is 2.61. The van der Waals surface area contributed by atoms with Gasteiger partial charge in [-0.15, -0.1) is 0 Å². The van der Waals surface area contributed by atoms with Crippen molar-refractivity contribution in [3.05, 3.63) is 23.8 Å². The van der Waals surface area contributed by atoms with E-state index >= 15 is 0 Å². The lowest BCUT2D eigenvalue weighted by Gasteiger charge is -2.31. The SMILES string of the molecule is COc1ccc(OC)c(C2CC2C(=O)N(C)C(C)(C)C(=O)O)c1. The van der Waals surface area contributed by atoms with Crippen LogP contribution in [0.15, 0.2) is 18.2 Å². The number of hydrogen-bond acceptors (Lipinski definition) is 4. The molecule has 0 aromatic heterocycles. The van der Waals surface area contributed by atoms with E-state index in [1.165, 1.54) is 25.8 Å². The standard InChI is InChI=1S/C17H23NO5/c1-17(2,16(20)21)18(3)15(19)13-9-11(13)12-8-10(22-4)6-7-14(12)23-5/h6-8,11,13H,9H2,1-5H3,(H,20,21). The quantitative estimate of drug-likeness (QED) is 0.868. The molecule has 1 aromatic carbocycles. The molecule has 1 aromatic rings. The van der Waals surface area contributed by atoms with E-state index in [0.29, 0.717) is 17.9 Å². The number of carboxylic acids is 1. The second-order valence-corrected chi connectivity index (χ2v) is 6.32. The molecule has 23 heavy (non-hydrogen) atoms. The number of methoxy groups -OCH3 is 2. The fraction of sp³-hybridized carbons (Fsp3) is 0.529. The van der Waals surface area contributed by atoms with E-state index in [1.54, 1.807) is 20.3 Å². The van der Waals surface area contributed by atoms with Gasteiger partial charge in [0.25, 0.3) is 0 Å². The first-order valence-corrected chi connectivity index (χ1v) is 7.47. The van der Waals surface area contributed by atoms with E-state index in [4.69, 9.17) is 9.47 Å². The zero-order chi connectivity index (χ0) is 17.4. The number of nitrogens with zero attached hydrogens (tertiary/aromatic N) is 1. The third-order valence-corrected chi connectivity index (χ3v) is 4.64. The largest absolute Gasteiger partial charge is 0.497 e. The van der Waals surface area contributed by atoms with Gasteiger partial charge >= 0.3 is 5.97 Å². The van der Waals surface area contributed by atoms with Crippen molar-refractivity contribution in [3.63, 3.8) is 0 Å². The van der Waals surface area contributed by atoms with Crippen molar-refractivity contribution in [1.29, 1.82) is 0 Å². The molecule has 0 heterocycles. The molecule has 0 aliphatic heterocycles. The summed E-state index contributed by atoms with van der Waals surface area (Å²) in [4.78, 5) is 25.2. The van der Waals surface area contributed by atoms with Gasteiger partial charge in [-0.2, -0.15) is 0 Å². The Bertz CT molecular complexity index is 625. The lowest BCUT2D eigenvalue weighted by Crippen LogP contribution is -2.51. The Morgan fingerprint density at radius 2 is 1.91 bits per heavy atom. The Balaban J connectivity index is 2.19. The van der Waals surface area contributed by atoms with Gasteiger partial charge in [-0.25, -0.2) is 4.79 Å². The predicted octanol–water partition coefficient (Wildman–Crippen LogP) is 2.13. The summed E-state index contributed by atoms with van der Waals surface area (Å²) in [5.74, 6) is 0.0420. The van der Waals surface area contributed by atoms with Gasteiger partial charge in [0.15, 0.2) is 0 Å². The van der Waals surface area contributed by atoms with Gasteiger partial charge < -0.3 is 19.5 Å². The first-order chi connectivity index (χ1) is 10.7. The van der Waals surface area contributed by atoms with Crippen LogP contribution in [0.3, 0.4) is 0 Å². The Morgan fingerprint density at radius 3 is 2.43 bits per heavy atom. The minimum Gasteiger partial charge on any atom is -0.497 e. The molecular weight excluding hydrogens is 298 g/mol. The van der Waals surface area contributed by atoms with Crippen LogP contribution < -0.4 is 9.47 Å². The van der Waals surface area contributed by atoms with Crippen molar-refractivity contribution in [2.24, 2.45) is 5.92 Å². The lowest BCUT2D eigenvalue weighted by molar-refractivity contribution is -0.155. The molecule has 1 aliphatic carbocycles. The summed E-state index contributed by atoms with van der Waals surface area (Å²) in [5.41, 5.74) is -0.311. The third kappa shape index (κ3) is 3.11. The summed E-state index contributed by atoms with van der Waals surface area (Å²) in [7, 11) is 4.71. The van der Waals surface area contributed by atoms with Gasteiger partial charge in [0.05, 0.1) is 14.2 Å². The minimum absolute atomic E-state index is 0.0274. The number of likely N-dealkylation sites (N-methyl/N-ethyl adjacent to an activating group) is 1. The molecule has 0 saturated heterocycles. The van der Waals surface area contributed by atoms with E-state index in [-0.39, 0.29) is 17.7 Å². The maximum absolute atomic E-state index is 12.6. The Hall–Kier alpha value is -2.24. The summed E-state index contributed by atoms with van der Waals surface area (Å²) in [6.45, 7) is 3.05. The number of carboxylic acid groups (broad SMARTS) is 1. The predicted molar refractivity (Wildman–Crippen MR) is 84.9 cm³/mol. The fourth-order valence-corrected chi connectivity index (χ4v) is 2.61. The highest BCUT2D eigenvalue weighted by molar-refractivity contribution is 5.89. The van der Waals surface area contributed by atoms with Crippen LogP contribution in [0, 0.1) is 5.92 Å². The zero-order valence-corrected chi connectivity index (χ0v) is 14.1. The van der Waals surface area contributed by atoms with Crippen LogP contribution in [-0.2, 0) is 9.59 Å². The molecule has 1 N–H and O–H groups in total. The van der Waals surface area contributed by atoms with Crippen molar-refractivity contribution in [2.75, 3.05) is 21.3 Å². The minimum atomic E-state index is -1.23. The van der Waals surface area contributed by atoms with Gasteiger partial charge in [-0.3, -0.25) is 4.79 Å². The van der Waals surface area contributed by atoms with E-state index in [0.717, 1.165) is 5.56 Å². The highest BCUT2D eigenvalue weighted by Crippen LogP contribution is 2.52. The number of ether oxygens (including phenoxy) is 2. The number of benzene rings is 1. The molecule has 0 bridgehead atoms. The second-order valence-electron chi connectivity index (χ2n) is 6.32. The Labute approximate surface area is 136 Å². The third-order valence-electron chi connectivity index (χ3n) is 4.64. The summed E-state index contributed by atoms with van der Waals surface area (Å²) < 4.78 is 10.6. The summed E-state index contributed by atoms with van der Waals surface area (Å²) in [6.07, 6.45) is 0.683. The van der Waals surface area contributed by atoms with Crippen LogP contribution >= 0.6 is 0 Å². The first kappa shape index (κ1) is 17.1. The maximum Gasteiger partial charge on any atom is 0.329 e. The molecule has 1 aliphatic rings. The molecule has 1 amide bonds. The van der Waals surface area contributed by atoms with E-state index < -0.39 is 11.5 Å². The van der Waals surface area contributed by atoms with Gasteiger partial charge in [-0.05, 0) is 38.5 Å². The number of rotatable bonds is 6. The molecule has 2 rings (SSSR count). The van der Waals surface area contributed by atoms with E-state index in [9.17, 15) is 14.7 Å². The monoisotopic (exact) mass is 321 g/mol. The lowest BCUT2D eigenvalue weighted by atomic mass is 10.0. The van der Waals surface area contributed by atoms with E-state index in [1.807, 2.05) is 12.1 Å². The van der Waals surface area contributed by atoms with E-state index in [2.05, 4.69) is 0 Å². The molecule has 2 unspecified atom stereocenters. The van der Waals surface area contributed by atoms with Crippen LogP contribution in [0.1, 0.15) is 31.7 Å². The smallest absolute Gasteiger partial charge is 0.329 e. The highest BCUT2D eigenvalue weighted by Gasteiger charge is 2.49. The van der Waals surface area contributed by atoms with Crippen LogP contribution in [0.25, 0.3) is 0 Å². The average molecular weight is 321 g/mol. The Kier molecular flexibility index (Phi) is 4.54. The van der Waals surface area contributed by atoms with Crippen LogP contribution in [0.5, 0.6) is 11.5 Å². The van der Waals surface area contributed by atoms with Gasteiger partial charge in [0.1, 0.15) is 17.0 Å². The van der Waals surface area contributed by atoms with Crippen LogP contribution in [0.4, 0.5) is 0 Å². The number of amides is 1. The normalized spacial score (nSPS) is 19.9. The van der Waals surface area contributed by atoms with Crippen molar-refractivity contribution < 1.29 is 24.2 Å². The number of aliphatic carboxylic acids is 1. The molecule has 6 nitrogen and oxygen atoms in total. The Morgan fingerprint density at radius 1 is 1.26 bits per heavy atom. The number of hydrogen-bond donors (Lipinski definition) is 1. The van der Waals surface area contributed by atoms with Gasteiger partial charge in [0, 0.05) is 24.4 Å². The number of carbonyl (C=O) groups is 2. The molecule has 126 valence electrons. The molecular formula is C17H23NO5. The van der Waals surface area contributed by atoms with Crippen molar-refractivity contribution in [1.82, 2.24) is 4.90 Å². The highest BCUT2D eigenvalue weighted by atomic mass is 16.5. The topological polar surface area (TPSA) is 76.1 Å². The van der Waals surface area contributed by atoms with Crippen molar-refractivity contribution in [2.45, 2.75) is 31.7 Å². The molecule has 0 radical (unpaired) electrons. The average Bonchev–Trinajstić information content (AvgIpc) is 3.32. The summed E-state index contributed by atoms with van der Waals surface area (Å²) in [5, 5.41) is 9.27. The van der Waals surface area contributed by atoms with Gasteiger partial charge in [0.2, 0.25) is 5.91 Å². The second kappa shape index (κ2) is 6.10. The zero-order valence-electron chi connectivity index (χ0n) is 14.1. The van der Waals surface area contributed by atoms with Crippen LogP contribution in [-0.4, -0.2) is 48.7 Å². The first-order valence-electron chi connectivity index (χ1n) is 7.47. The van der Waals surface area contributed by atoms with Crippen LogP contribution in [0.2, 0.25) is 0 Å². The summed E-state index contributed by atoms with van der Waals surface area (Å²) in [6, 6.07) is 5.50. The molecule has 1 fully saturated rings. The van der Waals surface area contributed by atoms with Crippen molar-refractivity contribution >= 4 is 11.9 Å². The molecule has 1 saturated carbocycles. The van der Waals surface area contributed by atoms with Crippen molar-refractivity contribution in [3.8, 4) is 11.5 Å². The number of carbonyl (C=O) groups excluding carboxylic acids is 1. The van der Waals surface area contributed by atoms with Gasteiger partial charge in [-0.1, -0.05) is 0 Å². The molecule has 6 heteroatoms.